The Kier molecular flexibility index (Phi) is 2.60. The van der Waals surface area contributed by atoms with Gasteiger partial charge in [-0.25, -0.2) is 4.99 Å². The molecule has 46 valence electrons. The first-order valence-corrected chi connectivity index (χ1v) is 2.91. The molecule has 3 heteroatoms. The van der Waals surface area contributed by atoms with Gasteiger partial charge in [0, 0.05) is 0 Å². The maximum absolute atomic E-state index is 4.09. The molecule has 10 heavy (non-hydrogen) atoms. The van der Waals surface area contributed by atoms with Gasteiger partial charge in [0.15, 0.2) is 0 Å². The van der Waals surface area contributed by atoms with Gasteiger partial charge in [0.25, 0.3) is 0 Å². The Balaban J connectivity index is 0.000000500. The summed E-state index contributed by atoms with van der Waals surface area (Å²) in [5, 5.41) is 0. The topological polar surface area (TPSA) is 24.7 Å². The van der Waals surface area contributed by atoms with Crippen LogP contribution in [0.5, 0.6) is 0 Å². The summed E-state index contributed by atoms with van der Waals surface area (Å²) >= 11 is 0. The molecular weight excluding hydrogens is 135 g/mol. The van der Waals surface area contributed by atoms with Crippen molar-refractivity contribution in [1.82, 2.24) is 0 Å². The second-order valence-corrected chi connectivity index (χ2v) is 2.01. The Bertz CT molecular complexity index is 238. The van der Waals surface area contributed by atoms with Crippen LogP contribution in [0.4, 0.5) is 0 Å². The molecule has 0 radical (unpaired) electrons. The fraction of sp³-hybridized carbons (Fsp3) is 0.143. The predicted octanol–water partition coefficient (Wildman–Crippen LogP) is 0.315. The Morgan fingerprint density at radius 2 is 2.20 bits per heavy atom. The monoisotopic (exact) mass is 142 g/mol. The van der Waals surface area contributed by atoms with Crippen LogP contribution in [0.15, 0.2) is 34.3 Å². The van der Waals surface area contributed by atoms with Crippen LogP contribution >= 0.6 is 0 Å². The second kappa shape index (κ2) is 3.28. The quantitative estimate of drug-likeness (QED) is 0.435. The SMILES string of the molecule is C1=CC2=NC=NC2C=C1.[NaH]. The molecule has 1 atom stereocenters. The van der Waals surface area contributed by atoms with Gasteiger partial charge in [-0.3, -0.25) is 4.99 Å². The van der Waals surface area contributed by atoms with Crippen molar-refractivity contribution in [3.05, 3.63) is 24.3 Å². The molecule has 1 aliphatic heterocycles. The summed E-state index contributed by atoms with van der Waals surface area (Å²) < 4.78 is 0. The van der Waals surface area contributed by atoms with Gasteiger partial charge in [-0.15, -0.1) is 0 Å². The molecule has 0 amide bonds. The summed E-state index contributed by atoms with van der Waals surface area (Å²) in [5.41, 5.74) is 1.05. The van der Waals surface area contributed by atoms with Gasteiger partial charge in [0.2, 0.25) is 0 Å². The predicted molar refractivity (Wildman–Crippen MR) is 45.1 cm³/mol. The van der Waals surface area contributed by atoms with E-state index in [2.05, 4.69) is 9.98 Å². The molecule has 0 saturated heterocycles. The number of nitrogens with zero attached hydrogens (tertiary/aromatic N) is 2. The van der Waals surface area contributed by atoms with Crippen molar-refractivity contribution in [2.75, 3.05) is 0 Å². The van der Waals surface area contributed by atoms with Crippen LogP contribution in [-0.4, -0.2) is 47.6 Å². The molecule has 0 N–H and O–H groups in total. The third-order valence-corrected chi connectivity index (χ3v) is 1.41. The average Bonchev–Trinajstić information content (AvgIpc) is 2.33. The Morgan fingerprint density at radius 3 is 3.00 bits per heavy atom. The van der Waals surface area contributed by atoms with Crippen molar-refractivity contribution < 1.29 is 0 Å². The number of allylic oxidation sites excluding steroid dienone is 2. The van der Waals surface area contributed by atoms with Crippen molar-refractivity contribution in [2.45, 2.75) is 6.04 Å². The van der Waals surface area contributed by atoms with E-state index in [4.69, 9.17) is 0 Å². The summed E-state index contributed by atoms with van der Waals surface area (Å²) in [6, 6.07) is 0.218. The minimum atomic E-state index is 0. The Hall–Kier alpha value is -0.180. The molecule has 0 aromatic carbocycles. The van der Waals surface area contributed by atoms with Crippen LogP contribution in [-0.2, 0) is 0 Å². The van der Waals surface area contributed by atoms with Crippen molar-refractivity contribution in [1.29, 1.82) is 0 Å². The summed E-state index contributed by atoms with van der Waals surface area (Å²) in [6.07, 6.45) is 9.59. The van der Waals surface area contributed by atoms with E-state index in [0.29, 0.717) is 0 Å². The van der Waals surface area contributed by atoms with E-state index in [0.717, 1.165) is 5.71 Å². The minimum absolute atomic E-state index is 0. The van der Waals surface area contributed by atoms with Gasteiger partial charge in [0.05, 0.1) is 5.71 Å². The molecule has 0 aromatic heterocycles. The third kappa shape index (κ3) is 1.29. The van der Waals surface area contributed by atoms with Gasteiger partial charge in [-0.1, -0.05) is 18.2 Å². The standard InChI is InChI=1S/C7H6N2.Na.H/c1-2-4-7-6(3-1)8-5-9-7;;/h1-6H;;. The van der Waals surface area contributed by atoms with Gasteiger partial charge in [-0.2, -0.15) is 0 Å². The fourth-order valence-corrected chi connectivity index (χ4v) is 0.938. The Morgan fingerprint density at radius 1 is 1.30 bits per heavy atom. The molecule has 0 aromatic rings. The van der Waals surface area contributed by atoms with E-state index in [9.17, 15) is 0 Å². The van der Waals surface area contributed by atoms with Crippen LogP contribution in [0.1, 0.15) is 0 Å². The van der Waals surface area contributed by atoms with Crippen LogP contribution in [0.25, 0.3) is 0 Å². The number of hydrogen-bond acceptors (Lipinski definition) is 2. The molecule has 0 saturated carbocycles. The fourth-order valence-electron chi connectivity index (χ4n) is 0.938. The zero-order valence-corrected chi connectivity index (χ0v) is 4.86. The summed E-state index contributed by atoms with van der Waals surface area (Å²) in [6.45, 7) is 0. The summed E-state index contributed by atoms with van der Waals surface area (Å²) in [7, 11) is 0. The zero-order valence-electron chi connectivity index (χ0n) is 4.86. The molecule has 0 spiro atoms. The molecule has 2 aliphatic rings. The average molecular weight is 142 g/mol. The van der Waals surface area contributed by atoms with Gasteiger partial charge in [-0.05, 0) is 6.08 Å². The third-order valence-electron chi connectivity index (χ3n) is 1.41. The molecule has 2 nitrogen and oxygen atoms in total. The summed E-state index contributed by atoms with van der Waals surface area (Å²) in [4.78, 5) is 8.14. The number of hydrogen-bond donors (Lipinski definition) is 0. The normalized spacial score (nSPS) is 25.6. The maximum atomic E-state index is 4.09. The van der Waals surface area contributed by atoms with Crippen LogP contribution in [0.2, 0.25) is 0 Å². The first-order valence-electron chi connectivity index (χ1n) is 2.91. The molecule has 2 rings (SSSR count). The van der Waals surface area contributed by atoms with E-state index in [1.54, 1.807) is 6.34 Å². The van der Waals surface area contributed by atoms with Gasteiger partial charge >= 0.3 is 29.6 Å². The molecule has 0 bridgehead atoms. The molecule has 1 unspecified atom stereocenters. The van der Waals surface area contributed by atoms with E-state index in [-0.39, 0.29) is 35.6 Å². The van der Waals surface area contributed by atoms with Crippen molar-refractivity contribution in [2.24, 2.45) is 9.98 Å². The number of rotatable bonds is 0. The molecule has 0 fully saturated rings. The van der Waals surface area contributed by atoms with Crippen LogP contribution < -0.4 is 0 Å². The van der Waals surface area contributed by atoms with Gasteiger partial charge in [0.1, 0.15) is 12.4 Å². The van der Waals surface area contributed by atoms with Crippen molar-refractivity contribution in [3.63, 3.8) is 0 Å². The van der Waals surface area contributed by atoms with E-state index in [1.165, 1.54) is 0 Å². The first-order chi connectivity index (χ1) is 4.47. The van der Waals surface area contributed by atoms with E-state index in [1.807, 2.05) is 24.3 Å². The Labute approximate surface area is 81.7 Å². The zero-order chi connectivity index (χ0) is 6.10. The number of fused-ring (bicyclic) bond motifs is 1. The molecular formula is C7H7N2Na. The van der Waals surface area contributed by atoms with Crippen LogP contribution in [0, 0.1) is 0 Å². The van der Waals surface area contributed by atoms with Crippen molar-refractivity contribution >= 4 is 41.6 Å². The van der Waals surface area contributed by atoms with E-state index >= 15 is 0 Å². The van der Waals surface area contributed by atoms with Crippen LogP contribution in [0.3, 0.4) is 0 Å². The molecule has 1 aliphatic carbocycles. The molecule has 1 heterocycles. The summed E-state index contributed by atoms with van der Waals surface area (Å²) in [5.74, 6) is 0. The number of aliphatic imine (C=N–C) groups is 2. The van der Waals surface area contributed by atoms with Crippen molar-refractivity contribution in [3.8, 4) is 0 Å². The van der Waals surface area contributed by atoms with Gasteiger partial charge < -0.3 is 0 Å². The second-order valence-electron chi connectivity index (χ2n) is 2.01. The first kappa shape index (κ1) is 7.92. The van der Waals surface area contributed by atoms with E-state index < -0.39 is 0 Å².